The van der Waals surface area contributed by atoms with Crippen LogP contribution in [0.3, 0.4) is 0 Å². The van der Waals surface area contributed by atoms with E-state index in [1.165, 1.54) is 5.56 Å². The third kappa shape index (κ3) is 5.87. The quantitative estimate of drug-likeness (QED) is 0.272. The van der Waals surface area contributed by atoms with Crippen molar-refractivity contribution >= 4 is 17.3 Å². The van der Waals surface area contributed by atoms with Crippen LogP contribution in [0, 0.1) is 11.5 Å². The van der Waals surface area contributed by atoms with Crippen molar-refractivity contribution in [3.8, 4) is 6.19 Å². The molecule has 1 heterocycles. The van der Waals surface area contributed by atoms with E-state index in [1.54, 1.807) is 24.5 Å². The number of nitrogens with one attached hydrogen (secondary N) is 3. The van der Waals surface area contributed by atoms with Gasteiger partial charge in [-0.25, -0.2) is 4.99 Å². The fraction of sp³-hybridized carbons (Fsp3) is 0.0952. The van der Waals surface area contributed by atoms with Crippen molar-refractivity contribution in [2.75, 3.05) is 5.32 Å². The maximum absolute atomic E-state index is 8.90. The molecule has 0 unspecified atom stereocenters. The Morgan fingerprint density at radius 3 is 2.30 bits per heavy atom. The van der Waals surface area contributed by atoms with E-state index in [-0.39, 0.29) is 0 Å². The minimum absolute atomic E-state index is 0.398. The summed E-state index contributed by atoms with van der Waals surface area (Å²) in [6.07, 6.45) is 5.21. The molecule has 134 valence electrons. The minimum atomic E-state index is 0.398. The van der Waals surface area contributed by atoms with Gasteiger partial charge in [0.05, 0.1) is 5.69 Å². The van der Waals surface area contributed by atoms with Gasteiger partial charge in [0, 0.05) is 31.2 Å². The molecule has 3 rings (SSSR count). The van der Waals surface area contributed by atoms with Crippen molar-refractivity contribution < 1.29 is 0 Å². The fourth-order valence-electron chi connectivity index (χ4n) is 2.44. The zero-order valence-corrected chi connectivity index (χ0v) is 14.8. The molecular formula is C21H20N6. The van der Waals surface area contributed by atoms with Gasteiger partial charge in [0.2, 0.25) is 5.96 Å². The molecule has 6 heteroatoms. The maximum atomic E-state index is 8.90. The molecule has 0 aliphatic heterocycles. The molecule has 3 aromatic rings. The van der Waals surface area contributed by atoms with Gasteiger partial charge in [-0.1, -0.05) is 42.5 Å². The average Bonchev–Trinajstić information content (AvgIpc) is 2.73. The Morgan fingerprint density at radius 1 is 0.889 bits per heavy atom. The summed E-state index contributed by atoms with van der Waals surface area (Å²) in [5.41, 5.74) is 4.10. The molecule has 0 aliphatic carbocycles. The van der Waals surface area contributed by atoms with Gasteiger partial charge in [0.25, 0.3) is 0 Å². The minimum Gasteiger partial charge on any atom is -0.381 e. The van der Waals surface area contributed by atoms with Crippen LogP contribution >= 0.6 is 0 Å². The number of hydrogen-bond donors (Lipinski definition) is 3. The van der Waals surface area contributed by atoms with E-state index in [4.69, 9.17) is 5.26 Å². The second-order valence-electron chi connectivity index (χ2n) is 5.79. The highest BCUT2D eigenvalue weighted by Gasteiger charge is 2.00. The number of hydrogen-bond acceptors (Lipinski definition) is 4. The van der Waals surface area contributed by atoms with Crippen LogP contribution in [0.4, 0.5) is 11.4 Å². The highest BCUT2D eigenvalue weighted by atomic mass is 15.2. The van der Waals surface area contributed by atoms with E-state index in [0.717, 1.165) is 23.5 Å². The molecule has 27 heavy (non-hydrogen) atoms. The van der Waals surface area contributed by atoms with Gasteiger partial charge in [-0.2, -0.15) is 5.26 Å². The molecule has 0 bridgehead atoms. The third-order valence-corrected chi connectivity index (χ3v) is 3.83. The van der Waals surface area contributed by atoms with Gasteiger partial charge < -0.3 is 10.6 Å². The topological polar surface area (TPSA) is 85.1 Å². The first-order valence-electron chi connectivity index (χ1n) is 8.58. The van der Waals surface area contributed by atoms with Crippen molar-refractivity contribution in [1.29, 1.82) is 5.26 Å². The second kappa shape index (κ2) is 9.59. The average molecular weight is 356 g/mol. The number of anilines is 1. The lowest BCUT2D eigenvalue weighted by molar-refractivity contribution is 0.883. The van der Waals surface area contributed by atoms with E-state index in [2.05, 4.69) is 38.1 Å². The van der Waals surface area contributed by atoms with Crippen LogP contribution in [0.1, 0.15) is 11.1 Å². The molecule has 0 aliphatic rings. The molecule has 0 saturated carbocycles. The number of benzene rings is 2. The standard InChI is InChI=1S/C21H20N6/c22-16-26-21(27-20-10-12-23-13-11-20)25-15-18-6-8-19(9-7-18)24-14-17-4-2-1-3-5-17/h1-13,24H,14-15H2,(H2,23,25,26,27). The lowest BCUT2D eigenvalue weighted by Crippen LogP contribution is -2.33. The molecular weight excluding hydrogens is 336 g/mol. The van der Waals surface area contributed by atoms with Crippen molar-refractivity contribution in [2.24, 2.45) is 4.99 Å². The molecule has 0 radical (unpaired) electrons. The van der Waals surface area contributed by atoms with Gasteiger partial charge in [-0.3, -0.25) is 10.3 Å². The highest BCUT2D eigenvalue weighted by Crippen LogP contribution is 2.12. The third-order valence-electron chi connectivity index (χ3n) is 3.83. The van der Waals surface area contributed by atoms with Crippen molar-refractivity contribution in [2.45, 2.75) is 13.1 Å². The predicted molar refractivity (Wildman–Crippen MR) is 107 cm³/mol. The summed E-state index contributed by atoms with van der Waals surface area (Å²) in [6, 6.07) is 22.0. The lowest BCUT2D eigenvalue weighted by Gasteiger charge is -2.10. The van der Waals surface area contributed by atoms with Crippen LogP contribution in [-0.2, 0) is 13.1 Å². The van der Waals surface area contributed by atoms with Gasteiger partial charge in [0.15, 0.2) is 6.19 Å². The van der Waals surface area contributed by atoms with Crippen molar-refractivity contribution in [3.05, 3.63) is 90.3 Å². The monoisotopic (exact) mass is 356 g/mol. The molecule has 0 saturated heterocycles. The first kappa shape index (κ1) is 18.0. The molecule has 1 aromatic heterocycles. The van der Waals surface area contributed by atoms with E-state index in [1.807, 2.05) is 48.7 Å². The number of nitriles is 1. The zero-order valence-electron chi connectivity index (χ0n) is 14.8. The number of guanidine groups is 1. The van der Waals surface area contributed by atoms with Crippen LogP contribution in [0.2, 0.25) is 0 Å². The molecule has 6 nitrogen and oxygen atoms in total. The van der Waals surface area contributed by atoms with Gasteiger partial charge in [0.1, 0.15) is 0 Å². The molecule has 0 spiro atoms. The smallest absolute Gasteiger partial charge is 0.210 e. The number of rotatable bonds is 6. The Hall–Kier alpha value is -3.85. The van der Waals surface area contributed by atoms with Crippen LogP contribution in [-0.4, -0.2) is 10.9 Å². The van der Waals surface area contributed by atoms with Gasteiger partial charge in [-0.05, 0) is 35.4 Å². The summed E-state index contributed by atoms with van der Waals surface area (Å²) in [5.74, 6) is 0.398. The summed E-state index contributed by atoms with van der Waals surface area (Å²) in [7, 11) is 0. The summed E-state index contributed by atoms with van der Waals surface area (Å²) in [5, 5.41) is 18.0. The first-order chi connectivity index (χ1) is 13.3. The van der Waals surface area contributed by atoms with Crippen LogP contribution in [0.5, 0.6) is 0 Å². The molecule has 0 atom stereocenters. The molecule has 0 fully saturated rings. The summed E-state index contributed by atoms with van der Waals surface area (Å²) >= 11 is 0. The zero-order chi connectivity index (χ0) is 18.7. The molecule has 0 amide bonds. The van der Waals surface area contributed by atoms with Crippen molar-refractivity contribution in [3.63, 3.8) is 0 Å². The van der Waals surface area contributed by atoms with E-state index < -0.39 is 0 Å². The Labute approximate surface area is 158 Å². The Balaban J connectivity index is 1.55. The van der Waals surface area contributed by atoms with E-state index >= 15 is 0 Å². The normalized spacial score (nSPS) is 10.7. The van der Waals surface area contributed by atoms with E-state index in [0.29, 0.717) is 12.5 Å². The Bertz CT molecular complexity index is 899. The maximum Gasteiger partial charge on any atom is 0.210 e. The summed E-state index contributed by atoms with van der Waals surface area (Å²) in [6.45, 7) is 1.34. The number of pyridine rings is 1. The van der Waals surface area contributed by atoms with Crippen LogP contribution < -0.4 is 16.0 Å². The lowest BCUT2D eigenvalue weighted by atomic mass is 10.2. The predicted octanol–water partition coefficient (Wildman–Crippen LogP) is 3.54. The Kier molecular flexibility index (Phi) is 6.38. The number of aromatic nitrogens is 1. The van der Waals surface area contributed by atoms with Gasteiger partial charge in [-0.15, -0.1) is 0 Å². The summed E-state index contributed by atoms with van der Waals surface area (Å²) < 4.78 is 0. The van der Waals surface area contributed by atoms with E-state index in [9.17, 15) is 0 Å². The second-order valence-corrected chi connectivity index (χ2v) is 5.79. The largest absolute Gasteiger partial charge is 0.381 e. The Morgan fingerprint density at radius 2 is 1.59 bits per heavy atom. The number of aliphatic imine (C=N–C) groups is 1. The van der Waals surface area contributed by atoms with Crippen molar-refractivity contribution in [1.82, 2.24) is 15.6 Å². The highest BCUT2D eigenvalue weighted by molar-refractivity contribution is 5.83. The van der Waals surface area contributed by atoms with Crippen LogP contribution in [0.15, 0.2) is 84.1 Å². The number of nitrogens with zero attached hydrogens (tertiary/aromatic N) is 3. The fourth-order valence-corrected chi connectivity index (χ4v) is 2.44. The van der Waals surface area contributed by atoms with Crippen LogP contribution in [0.25, 0.3) is 0 Å². The van der Waals surface area contributed by atoms with Gasteiger partial charge >= 0.3 is 0 Å². The molecule has 3 N–H and O–H groups in total. The SMILES string of the molecule is N#CN/C(=N\c1ccncc1)NCc1ccc(NCc2ccccc2)cc1. The molecule has 2 aromatic carbocycles. The summed E-state index contributed by atoms with van der Waals surface area (Å²) in [4.78, 5) is 8.32. The first-order valence-corrected chi connectivity index (χ1v) is 8.58.